The molecule has 2 rings (SSSR count). The van der Waals surface area contributed by atoms with Crippen molar-refractivity contribution in [3.05, 3.63) is 75.8 Å². The minimum Gasteiger partial charge on any atom is -0.258 e. The van der Waals surface area contributed by atoms with Gasteiger partial charge in [0, 0.05) is 17.7 Å². The van der Waals surface area contributed by atoms with Crippen LogP contribution in [0, 0.1) is 10.1 Å². The van der Waals surface area contributed by atoms with Gasteiger partial charge in [-0.1, -0.05) is 55.5 Å². The van der Waals surface area contributed by atoms with E-state index in [0.717, 1.165) is 5.56 Å². The summed E-state index contributed by atoms with van der Waals surface area (Å²) in [5, 5.41) is 11.0. The summed E-state index contributed by atoms with van der Waals surface area (Å²) in [7, 11) is -3.70. The maximum absolute atomic E-state index is 12.4. The molecule has 0 heterocycles. The second-order valence-corrected chi connectivity index (χ2v) is 6.89. The molecule has 0 aliphatic rings. The summed E-state index contributed by atoms with van der Waals surface area (Å²) in [6, 6.07) is 14.8. The Kier molecular flexibility index (Phi) is 5.46. The van der Waals surface area contributed by atoms with Crippen molar-refractivity contribution in [3.63, 3.8) is 0 Å². The summed E-state index contributed by atoms with van der Waals surface area (Å²) in [5.41, 5.74) is 0.847. The first-order valence-corrected chi connectivity index (χ1v) is 8.85. The molecule has 0 aliphatic heterocycles. The lowest BCUT2D eigenvalue weighted by Gasteiger charge is -2.17. The summed E-state index contributed by atoms with van der Waals surface area (Å²) >= 11 is 0. The van der Waals surface area contributed by atoms with Gasteiger partial charge in [-0.05, 0) is 12.0 Å². The van der Waals surface area contributed by atoms with Crippen LogP contribution in [0.3, 0.4) is 0 Å². The molecular formula is C16H18N2O4S. The molecule has 23 heavy (non-hydrogen) atoms. The highest BCUT2D eigenvalue weighted by atomic mass is 32.2. The Hall–Kier alpha value is -2.25. The number of nitrogens with one attached hydrogen (secondary N) is 1. The van der Waals surface area contributed by atoms with E-state index in [1.807, 2.05) is 37.3 Å². The van der Waals surface area contributed by atoms with E-state index >= 15 is 0 Å². The van der Waals surface area contributed by atoms with Crippen molar-refractivity contribution in [1.29, 1.82) is 0 Å². The second kappa shape index (κ2) is 7.34. The highest BCUT2D eigenvalue weighted by molar-refractivity contribution is 7.88. The Balaban J connectivity index is 2.21. The van der Waals surface area contributed by atoms with Gasteiger partial charge in [-0.3, -0.25) is 10.1 Å². The Morgan fingerprint density at radius 2 is 1.70 bits per heavy atom. The fraction of sp³-hybridized carbons (Fsp3) is 0.250. The number of nitro benzene ring substituents is 1. The van der Waals surface area contributed by atoms with E-state index in [2.05, 4.69) is 4.72 Å². The van der Waals surface area contributed by atoms with Gasteiger partial charge in [0.15, 0.2) is 0 Å². The van der Waals surface area contributed by atoms with E-state index in [9.17, 15) is 18.5 Å². The fourth-order valence-corrected chi connectivity index (χ4v) is 3.82. The smallest absolute Gasteiger partial charge is 0.258 e. The quantitative estimate of drug-likeness (QED) is 0.622. The lowest BCUT2D eigenvalue weighted by molar-refractivity contribution is -0.385. The Labute approximate surface area is 135 Å². The van der Waals surface area contributed by atoms with E-state index < -0.39 is 20.7 Å². The van der Waals surface area contributed by atoms with Gasteiger partial charge >= 0.3 is 0 Å². The topological polar surface area (TPSA) is 89.3 Å². The summed E-state index contributed by atoms with van der Waals surface area (Å²) < 4.78 is 27.4. The Morgan fingerprint density at radius 3 is 2.30 bits per heavy atom. The first-order chi connectivity index (χ1) is 10.9. The van der Waals surface area contributed by atoms with Crippen molar-refractivity contribution in [2.45, 2.75) is 25.1 Å². The predicted molar refractivity (Wildman–Crippen MR) is 88.3 cm³/mol. The van der Waals surface area contributed by atoms with E-state index in [4.69, 9.17) is 0 Å². The largest absolute Gasteiger partial charge is 0.273 e. The van der Waals surface area contributed by atoms with Gasteiger partial charge in [-0.25, -0.2) is 13.1 Å². The van der Waals surface area contributed by atoms with Gasteiger partial charge in [0.05, 0.1) is 10.7 Å². The van der Waals surface area contributed by atoms with Crippen LogP contribution in [0.4, 0.5) is 5.69 Å². The molecule has 0 spiro atoms. The molecule has 0 aromatic heterocycles. The lowest BCUT2D eigenvalue weighted by atomic mass is 10.1. The van der Waals surface area contributed by atoms with Gasteiger partial charge in [-0.15, -0.1) is 0 Å². The summed E-state index contributed by atoms with van der Waals surface area (Å²) in [6.45, 7) is 1.88. The molecule has 7 heteroatoms. The monoisotopic (exact) mass is 334 g/mol. The van der Waals surface area contributed by atoms with E-state index in [1.165, 1.54) is 18.2 Å². The van der Waals surface area contributed by atoms with Crippen LogP contribution in [0.5, 0.6) is 0 Å². The SMILES string of the molecule is CC[C@H](NS(=O)(=O)Cc1ccccc1[N+](=O)[O-])c1ccccc1. The van der Waals surface area contributed by atoms with Crippen LogP contribution in [0.25, 0.3) is 0 Å². The fourth-order valence-electron chi connectivity index (χ4n) is 2.35. The number of hydrogen-bond donors (Lipinski definition) is 1. The molecule has 6 nitrogen and oxygen atoms in total. The molecule has 0 aliphatic carbocycles. The zero-order valence-corrected chi connectivity index (χ0v) is 13.5. The molecule has 0 saturated heterocycles. The first kappa shape index (κ1) is 17.1. The van der Waals surface area contributed by atoms with Crippen LogP contribution in [0.2, 0.25) is 0 Å². The molecular weight excluding hydrogens is 316 g/mol. The third-order valence-corrected chi connectivity index (χ3v) is 4.80. The minimum absolute atomic E-state index is 0.174. The van der Waals surface area contributed by atoms with Crippen molar-refractivity contribution in [2.75, 3.05) is 0 Å². The molecule has 2 aromatic rings. The number of sulfonamides is 1. The molecule has 0 amide bonds. The van der Waals surface area contributed by atoms with Gasteiger partial charge in [0.2, 0.25) is 10.0 Å². The molecule has 0 fully saturated rings. The maximum atomic E-state index is 12.4. The normalized spacial score (nSPS) is 12.7. The van der Waals surface area contributed by atoms with Crippen molar-refractivity contribution in [3.8, 4) is 0 Å². The zero-order chi connectivity index (χ0) is 16.9. The maximum Gasteiger partial charge on any atom is 0.273 e. The lowest BCUT2D eigenvalue weighted by Crippen LogP contribution is -2.29. The summed E-state index contributed by atoms with van der Waals surface area (Å²) in [4.78, 5) is 10.4. The summed E-state index contributed by atoms with van der Waals surface area (Å²) in [5.74, 6) is -0.423. The second-order valence-electron chi connectivity index (χ2n) is 5.13. The summed E-state index contributed by atoms with van der Waals surface area (Å²) in [6.07, 6.45) is 0.583. The molecule has 0 unspecified atom stereocenters. The van der Waals surface area contributed by atoms with Gasteiger partial charge in [0.1, 0.15) is 0 Å². The average Bonchev–Trinajstić information content (AvgIpc) is 2.53. The molecule has 0 bridgehead atoms. The van der Waals surface area contributed by atoms with Crippen LogP contribution in [0.1, 0.15) is 30.5 Å². The van der Waals surface area contributed by atoms with Gasteiger partial charge in [-0.2, -0.15) is 0 Å². The molecule has 1 N–H and O–H groups in total. The molecule has 2 aromatic carbocycles. The number of benzene rings is 2. The molecule has 122 valence electrons. The third kappa shape index (κ3) is 4.61. The molecule has 1 atom stereocenters. The highest BCUT2D eigenvalue weighted by Gasteiger charge is 2.22. The third-order valence-electron chi connectivity index (χ3n) is 3.47. The van der Waals surface area contributed by atoms with Crippen molar-refractivity contribution < 1.29 is 13.3 Å². The number of rotatable bonds is 7. The Morgan fingerprint density at radius 1 is 1.09 bits per heavy atom. The van der Waals surface area contributed by atoms with Crippen LogP contribution in [-0.4, -0.2) is 13.3 Å². The average molecular weight is 334 g/mol. The van der Waals surface area contributed by atoms with Crippen LogP contribution in [0.15, 0.2) is 54.6 Å². The first-order valence-electron chi connectivity index (χ1n) is 7.20. The number of nitro groups is 1. The van der Waals surface area contributed by atoms with E-state index in [0.29, 0.717) is 6.42 Å². The number of para-hydroxylation sites is 1. The number of nitrogens with zero attached hydrogens (tertiary/aromatic N) is 1. The molecule has 0 radical (unpaired) electrons. The van der Waals surface area contributed by atoms with E-state index in [1.54, 1.807) is 6.07 Å². The van der Waals surface area contributed by atoms with Crippen molar-refractivity contribution in [2.24, 2.45) is 0 Å². The van der Waals surface area contributed by atoms with Crippen LogP contribution in [-0.2, 0) is 15.8 Å². The zero-order valence-electron chi connectivity index (χ0n) is 12.7. The van der Waals surface area contributed by atoms with Crippen LogP contribution < -0.4 is 4.72 Å². The van der Waals surface area contributed by atoms with Gasteiger partial charge in [0.25, 0.3) is 5.69 Å². The standard InChI is InChI=1S/C16H18N2O4S/c1-2-15(13-8-4-3-5-9-13)17-23(21,22)12-14-10-6-7-11-16(14)18(19)20/h3-11,15,17H,2,12H2,1H3/t15-/m0/s1. The molecule has 0 saturated carbocycles. The minimum atomic E-state index is -3.70. The van der Waals surface area contributed by atoms with Crippen molar-refractivity contribution >= 4 is 15.7 Å². The Bertz CT molecular complexity index is 776. The predicted octanol–water partition coefficient (Wildman–Crippen LogP) is 3.17. The highest BCUT2D eigenvalue weighted by Crippen LogP contribution is 2.22. The van der Waals surface area contributed by atoms with Crippen LogP contribution >= 0.6 is 0 Å². The van der Waals surface area contributed by atoms with Crippen molar-refractivity contribution in [1.82, 2.24) is 4.72 Å². The van der Waals surface area contributed by atoms with E-state index in [-0.39, 0.29) is 17.3 Å². The van der Waals surface area contributed by atoms with Gasteiger partial charge < -0.3 is 0 Å². The number of hydrogen-bond acceptors (Lipinski definition) is 4.